The molecule has 3 amide bonds. The normalized spacial score (nSPS) is 14.6. The second kappa shape index (κ2) is 14.8. The van der Waals surface area contributed by atoms with E-state index < -0.39 is 47.9 Å². The average Bonchev–Trinajstić information content (AvgIpc) is 3.83. The first-order valence-corrected chi connectivity index (χ1v) is 15.6. The number of nitrogens with one attached hydrogen (secondary N) is 6. The molecule has 5 unspecified atom stereocenters. The molecule has 0 aliphatic rings. The highest BCUT2D eigenvalue weighted by Gasteiger charge is 2.33. The molecule has 47 heavy (non-hydrogen) atoms. The van der Waals surface area contributed by atoms with Gasteiger partial charge in [-0.1, -0.05) is 56.7 Å². The summed E-state index contributed by atoms with van der Waals surface area (Å²) in [4.78, 5) is 66.1. The lowest BCUT2D eigenvalue weighted by Crippen LogP contribution is -2.59. The van der Waals surface area contributed by atoms with Gasteiger partial charge in [0.15, 0.2) is 0 Å². The van der Waals surface area contributed by atoms with E-state index in [4.69, 9.17) is 5.73 Å². The number of fused-ring (bicyclic) bond motifs is 2. The summed E-state index contributed by atoms with van der Waals surface area (Å²) in [6, 6.07) is 10.9. The molecule has 5 atom stereocenters. The Hall–Kier alpha value is -5.43. The molecular formula is C34H40N8O5. The van der Waals surface area contributed by atoms with Crippen LogP contribution in [0.1, 0.15) is 37.1 Å². The number of hydrogen-bond acceptors (Lipinski definition) is 6. The Balaban J connectivity index is 1.35. The Bertz CT molecular complexity index is 1850. The van der Waals surface area contributed by atoms with Gasteiger partial charge in [-0.2, -0.15) is 0 Å². The lowest BCUT2D eigenvalue weighted by atomic mass is 9.96. The summed E-state index contributed by atoms with van der Waals surface area (Å²) >= 11 is 0. The van der Waals surface area contributed by atoms with Crippen LogP contribution in [0.5, 0.6) is 0 Å². The number of carbonyl (C=O) groups excluding carboxylic acids is 3. The Morgan fingerprint density at radius 2 is 1.38 bits per heavy atom. The van der Waals surface area contributed by atoms with Gasteiger partial charge in [-0.25, -0.2) is 9.78 Å². The number of nitrogens with zero attached hydrogens (tertiary/aromatic N) is 1. The lowest BCUT2D eigenvalue weighted by molar-refractivity contribution is -0.142. The van der Waals surface area contributed by atoms with E-state index in [1.165, 1.54) is 12.5 Å². The van der Waals surface area contributed by atoms with E-state index in [0.717, 1.165) is 32.9 Å². The van der Waals surface area contributed by atoms with Crippen LogP contribution in [-0.4, -0.2) is 72.9 Å². The van der Waals surface area contributed by atoms with Crippen molar-refractivity contribution in [2.75, 3.05) is 0 Å². The number of carboxylic acid groups (broad SMARTS) is 1. The molecule has 9 N–H and O–H groups in total. The molecule has 0 aliphatic heterocycles. The zero-order chi connectivity index (χ0) is 33.5. The number of aliphatic carboxylic acids is 1. The molecule has 3 aromatic heterocycles. The van der Waals surface area contributed by atoms with Crippen molar-refractivity contribution in [3.8, 4) is 0 Å². The van der Waals surface area contributed by atoms with Gasteiger partial charge in [0.05, 0.1) is 12.4 Å². The minimum atomic E-state index is -1.25. The van der Waals surface area contributed by atoms with Gasteiger partial charge in [-0.15, -0.1) is 0 Å². The minimum absolute atomic E-state index is 0.0180. The SMILES string of the molecule is CCC(C)C(NC(=O)C(Cc1c[nH]c2ccccc12)NC(=O)C(N)Cc1c[nH]c2ccccc12)C(=O)NC(Cc1cnc[nH]1)C(=O)O. The van der Waals surface area contributed by atoms with Crippen LogP contribution in [0.2, 0.25) is 0 Å². The van der Waals surface area contributed by atoms with Gasteiger partial charge in [-0.3, -0.25) is 14.4 Å². The molecule has 5 rings (SSSR count). The second-order valence-corrected chi connectivity index (χ2v) is 11.8. The number of carboxylic acids is 1. The molecule has 0 saturated heterocycles. The fourth-order valence-electron chi connectivity index (χ4n) is 5.67. The summed E-state index contributed by atoms with van der Waals surface area (Å²) in [6.45, 7) is 3.66. The maximum atomic E-state index is 14.0. The standard InChI is InChI=1S/C34H40N8O5/c1-3-19(2)30(33(45)41-29(34(46)47)14-22-17-36-18-39-22)42-32(44)28(13-21-16-38-27-11-7-5-9-24(21)27)40-31(43)25(35)12-20-15-37-26-10-6-4-8-23(20)26/h4-11,15-19,25,28-30,37-38H,3,12-14,35H2,1-2H3,(H,36,39)(H,40,43)(H,41,45)(H,42,44)(H,46,47). The first-order valence-electron chi connectivity index (χ1n) is 15.6. The zero-order valence-electron chi connectivity index (χ0n) is 26.2. The van der Waals surface area contributed by atoms with Crippen molar-refractivity contribution in [2.24, 2.45) is 11.7 Å². The van der Waals surface area contributed by atoms with Crippen molar-refractivity contribution in [1.82, 2.24) is 35.9 Å². The first kappa shape index (κ1) is 32.9. The average molecular weight is 641 g/mol. The van der Waals surface area contributed by atoms with E-state index in [-0.39, 0.29) is 25.2 Å². The predicted octanol–water partition coefficient (Wildman–Crippen LogP) is 2.31. The molecule has 2 aromatic carbocycles. The second-order valence-electron chi connectivity index (χ2n) is 11.8. The van der Waals surface area contributed by atoms with Gasteiger partial charge in [0.25, 0.3) is 0 Å². The molecule has 246 valence electrons. The number of aromatic nitrogens is 4. The summed E-state index contributed by atoms with van der Waals surface area (Å²) in [5.41, 5.74) is 10.4. The molecule has 5 aromatic rings. The number of aromatic amines is 3. The monoisotopic (exact) mass is 640 g/mol. The van der Waals surface area contributed by atoms with Crippen molar-refractivity contribution in [2.45, 2.75) is 63.7 Å². The molecule has 13 heteroatoms. The van der Waals surface area contributed by atoms with Crippen molar-refractivity contribution >= 4 is 45.5 Å². The smallest absolute Gasteiger partial charge is 0.326 e. The van der Waals surface area contributed by atoms with Gasteiger partial charge in [0.2, 0.25) is 17.7 Å². The van der Waals surface area contributed by atoms with Crippen LogP contribution in [0.15, 0.2) is 73.4 Å². The van der Waals surface area contributed by atoms with Crippen LogP contribution in [-0.2, 0) is 38.4 Å². The molecule has 0 bridgehead atoms. The van der Waals surface area contributed by atoms with E-state index in [0.29, 0.717) is 12.1 Å². The van der Waals surface area contributed by atoms with Gasteiger partial charge < -0.3 is 41.7 Å². The topological polar surface area (TPSA) is 211 Å². The van der Waals surface area contributed by atoms with Crippen LogP contribution < -0.4 is 21.7 Å². The summed E-state index contributed by atoms with van der Waals surface area (Å²) < 4.78 is 0. The summed E-state index contributed by atoms with van der Waals surface area (Å²) in [5, 5.41) is 19.9. The van der Waals surface area contributed by atoms with E-state index >= 15 is 0 Å². The highest BCUT2D eigenvalue weighted by atomic mass is 16.4. The largest absolute Gasteiger partial charge is 0.480 e. The third-order valence-corrected chi connectivity index (χ3v) is 8.57. The summed E-state index contributed by atoms with van der Waals surface area (Å²) in [5.74, 6) is -3.34. The number of nitrogens with two attached hydrogens (primary N) is 1. The lowest BCUT2D eigenvalue weighted by Gasteiger charge is -2.28. The number of imidazole rings is 1. The zero-order valence-corrected chi connectivity index (χ0v) is 26.2. The van der Waals surface area contributed by atoms with Crippen LogP contribution in [0.4, 0.5) is 0 Å². The van der Waals surface area contributed by atoms with Gasteiger partial charge in [0.1, 0.15) is 18.1 Å². The number of carbonyl (C=O) groups is 4. The Morgan fingerprint density at radius 3 is 1.96 bits per heavy atom. The van der Waals surface area contributed by atoms with E-state index in [2.05, 4.69) is 35.9 Å². The van der Waals surface area contributed by atoms with Gasteiger partial charge in [0, 0.05) is 58.9 Å². The maximum Gasteiger partial charge on any atom is 0.326 e. The molecule has 0 aliphatic carbocycles. The van der Waals surface area contributed by atoms with Crippen molar-refractivity contribution < 1.29 is 24.3 Å². The number of benzene rings is 2. The van der Waals surface area contributed by atoms with Crippen molar-refractivity contribution in [3.05, 3.63) is 90.3 Å². The molecule has 0 fully saturated rings. The van der Waals surface area contributed by atoms with E-state index in [1.54, 1.807) is 13.1 Å². The Kier molecular flexibility index (Phi) is 10.4. The highest BCUT2D eigenvalue weighted by Crippen LogP contribution is 2.21. The molecule has 0 radical (unpaired) electrons. The number of amides is 3. The first-order chi connectivity index (χ1) is 22.6. The minimum Gasteiger partial charge on any atom is -0.480 e. The van der Waals surface area contributed by atoms with Crippen LogP contribution in [0, 0.1) is 5.92 Å². The third-order valence-electron chi connectivity index (χ3n) is 8.57. The number of hydrogen-bond donors (Lipinski definition) is 8. The van der Waals surface area contributed by atoms with E-state index in [9.17, 15) is 24.3 Å². The highest BCUT2D eigenvalue weighted by molar-refractivity contribution is 5.95. The number of para-hydroxylation sites is 2. The van der Waals surface area contributed by atoms with Crippen LogP contribution in [0.3, 0.4) is 0 Å². The predicted molar refractivity (Wildman–Crippen MR) is 177 cm³/mol. The quantitative estimate of drug-likeness (QED) is 0.0855. The fourth-order valence-corrected chi connectivity index (χ4v) is 5.67. The van der Waals surface area contributed by atoms with Crippen molar-refractivity contribution in [3.63, 3.8) is 0 Å². The van der Waals surface area contributed by atoms with Crippen LogP contribution >= 0.6 is 0 Å². The summed E-state index contributed by atoms with van der Waals surface area (Å²) in [6.07, 6.45) is 7.37. The Labute approximate surface area is 271 Å². The van der Waals surface area contributed by atoms with Gasteiger partial charge >= 0.3 is 5.97 Å². The molecular weight excluding hydrogens is 600 g/mol. The molecule has 0 saturated carbocycles. The molecule has 3 heterocycles. The van der Waals surface area contributed by atoms with E-state index in [1.807, 2.05) is 61.7 Å². The number of rotatable bonds is 15. The third kappa shape index (κ3) is 7.87. The van der Waals surface area contributed by atoms with Crippen LogP contribution in [0.25, 0.3) is 21.8 Å². The molecule has 13 nitrogen and oxygen atoms in total. The number of H-pyrrole nitrogens is 3. The van der Waals surface area contributed by atoms with Gasteiger partial charge in [-0.05, 0) is 35.6 Å². The fraction of sp³-hybridized carbons (Fsp3) is 0.324. The molecule has 0 spiro atoms. The maximum absolute atomic E-state index is 14.0. The summed E-state index contributed by atoms with van der Waals surface area (Å²) in [7, 11) is 0. The Morgan fingerprint density at radius 1 is 0.787 bits per heavy atom. The van der Waals surface area contributed by atoms with Crippen molar-refractivity contribution in [1.29, 1.82) is 0 Å².